The Labute approximate surface area is 67.9 Å². The molecule has 12 heavy (non-hydrogen) atoms. The fraction of sp³-hybridized carbons (Fsp3) is 0.571. The second-order valence-electron chi connectivity index (χ2n) is 2.50. The molecule has 0 spiro atoms. The van der Waals surface area contributed by atoms with Gasteiger partial charge in [0.2, 0.25) is 0 Å². The maximum Gasteiger partial charge on any atom is 0.519 e. The van der Waals surface area contributed by atoms with Crippen LogP contribution in [-0.4, -0.2) is 13.7 Å². The van der Waals surface area contributed by atoms with Gasteiger partial charge in [0.05, 0.1) is 6.61 Å². The predicted molar refractivity (Wildman–Crippen MR) is 36.7 cm³/mol. The predicted octanol–water partition coefficient (Wildman–Crippen LogP) is 0.451. The molecule has 1 aliphatic rings. The van der Waals surface area contributed by atoms with Crippen LogP contribution in [0.25, 0.3) is 0 Å². The van der Waals surface area contributed by atoms with Gasteiger partial charge < -0.3 is 18.3 Å². The smallest absolute Gasteiger partial charge is 0.393 e. The first-order valence-corrected chi connectivity index (χ1v) is 3.54. The molecular weight excluding hydrogens is 164 g/mol. The van der Waals surface area contributed by atoms with Crippen LogP contribution in [0.5, 0.6) is 0 Å². The number of ether oxygens (including phenoxy) is 2. The Morgan fingerprint density at radius 1 is 1.58 bits per heavy atom. The minimum atomic E-state index is -0.701. The van der Waals surface area contributed by atoms with Crippen LogP contribution in [0, 0.1) is 0 Å². The van der Waals surface area contributed by atoms with Gasteiger partial charge in [0.15, 0.2) is 11.5 Å². The van der Waals surface area contributed by atoms with Crippen molar-refractivity contribution in [1.29, 1.82) is 0 Å². The number of methoxy groups -OCH3 is 1. The Kier molecular flexibility index (Phi) is 1.74. The fourth-order valence-corrected chi connectivity index (χ4v) is 0.995. The second kappa shape index (κ2) is 2.76. The molecule has 0 aliphatic carbocycles. The van der Waals surface area contributed by atoms with E-state index >= 15 is 0 Å². The van der Waals surface area contributed by atoms with Crippen molar-refractivity contribution in [3.63, 3.8) is 0 Å². The highest BCUT2D eigenvalue weighted by Gasteiger charge is 2.33. The lowest BCUT2D eigenvalue weighted by Gasteiger charge is -1.92. The third-order valence-corrected chi connectivity index (χ3v) is 1.58. The van der Waals surface area contributed by atoms with Crippen molar-refractivity contribution in [2.24, 2.45) is 0 Å². The number of hydrogen-bond acceptors (Lipinski definition) is 5. The first-order valence-electron chi connectivity index (χ1n) is 3.54. The molecule has 0 amide bonds. The number of epoxide rings is 1. The lowest BCUT2D eigenvalue weighted by atomic mass is 10.3. The van der Waals surface area contributed by atoms with E-state index in [4.69, 9.17) is 18.3 Å². The van der Waals surface area contributed by atoms with E-state index in [1.807, 2.05) is 0 Å². The molecule has 1 atom stereocenters. The van der Waals surface area contributed by atoms with E-state index in [0.717, 1.165) is 0 Å². The molecule has 0 aromatic carbocycles. The van der Waals surface area contributed by atoms with E-state index in [1.54, 1.807) is 0 Å². The molecule has 1 fully saturated rings. The summed E-state index contributed by atoms with van der Waals surface area (Å²) in [6.07, 6.45) is -0.110. The van der Waals surface area contributed by atoms with E-state index in [9.17, 15) is 4.79 Å². The van der Waals surface area contributed by atoms with Crippen LogP contribution in [0.4, 0.5) is 0 Å². The van der Waals surface area contributed by atoms with Crippen molar-refractivity contribution in [2.75, 3.05) is 13.7 Å². The van der Waals surface area contributed by atoms with Gasteiger partial charge in [-0.2, -0.15) is 0 Å². The Morgan fingerprint density at radius 2 is 2.33 bits per heavy atom. The molecule has 0 unspecified atom stereocenters. The van der Waals surface area contributed by atoms with Crippen molar-refractivity contribution < 1.29 is 18.3 Å². The van der Waals surface area contributed by atoms with E-state index in [0.29, 0.717) is 18.1 Å². The monoisotopic (exact) mass is 172 g/mol. The van der Waals surface area contributed by atoms with E-state index < -0.39 is 5.82 Å². The largest absolute Gasteiger partial charge is 0.519 e. The molecule has 0 bridgehead atoms. The summed E-state index contributed by atoms with van der Waals surface area (Å²) in [5, 5.41) is 0. The second-order valence-corrected chi connectivity index (χ2v) is 2.50. The van der Waals surface area contributed by atoms with Crippen LogP contribution >= 0.6 is 0 Å². The molecule has 5 nitrogen and oxygen atoms in total. The quantitative estimate of drug-likeness (QED) is 0.619. The number of hydrogen-bond donors (Lipinski definition) is 0. The Balaban J connectivity index is 2.30. The van der Waals surface area contributed by atoms with E-state index in [-0.39, 0.29) is 12.7 Å². The Hall–Kier alpha value is -1.07. The topological polar surface area (TPSA) is 65.1 Å². The molecule has 1 aliphatic heterocycles. The van der Waals surface area contributed by atoms with Gasteiger partial charge in [0.25, 0.3) is 0 Å². The van der Waals surface area contributed by atoms with Gasteiger partial charge in [-0.25, -0.2) is 4.79 Å². The lowest BCUT2D eigenvalue weighted by Crippen LogP contribution is -1.89. The summed E-state index contributed by atoms with van der Waals surface area (Å²) >= 11 is 0. The standard InChI is InChI=1S/C7H8O5/c1-9-2-5-6(4-3-10-4)12-7(8)11-5/h4H,2-3H2,1H3/t4-/m1/s1. The summed E-state index contributed by atoms with van der Waals surface area (Å²) in [6, 6.07) is 0. The average molecular weight is 172 g/mol. The Morgan fingerprint density at radius 3 is 2.92 bits per heavy atom. The first kappa shape index (κ1) is 7.57. The van der Waals surface area contributed by atoms with Gasteiger partial charge in [-0.3, -0.25) is 0 Å². The number of rotatable bonds is 3. The summed E-state index contributed by atoms with van der Waals surface area (Å²) < 4.78 is 19.3. The van der Waals surface area contributed by atoms with Crippen LogP contribution in [0.1, 0.15) is 17.6 Å². The minimum absolute atomic E-state index is 0.110. The van der Waals surface area contributed by atoms with E-state index in [2.05, 4.69) is 0 Å². The van der Waals surface area contributed by atoms with E-state index in [1.165, 1.54) is 7.11 Å². The highest BCUT2D eigenvalue weighted by Crippen LogP contribution is 2.31. The summed E-state index contributed by atoms with van der Waals surface area (Å²) in [5.74, 6) is 0.180. The van der Waals surface area contributed by atoms with Gasteiger partial charge >= 0.3 is 5.82 Å². The van der Waals surface area contributed by atoms with Gasteiger partial charge in [0.1, 0.15) is 12.7 Å². The van der Waals surface area contributed by atoms with Crippen LogP contribution < -0.4 is 5.82 Å². The first-order chi connectivity index (χ1) is 5.81. The summed E-state index contributed by atoms with van der Waals surface area (Å²) in [7, 11) is 1.52. The molecule has 1 aromatic rings. The molecule has 2 rings (SSSR count). The zero-order valence-electron chi connectivity index (χ0n) is 6.53. The zero-order chi connectivity index (χ0) is 8.55. The highest BCUT2D eigenvalue weighted by molar-refractivity contribution is 5.09. The maximum absolute atomic E-state index is 10.7. The Bertz CT molecular complexity index is 319. The van der Waals surface area contributed by atoms with Crippen LogP contribution in [0.2, 0.25) is 0 Å². The maximum atomic E-state index is 10.7. The van der Waals surface area contributed by atoms with Crippen molar-refractivity contribution in [1.82, 2.24) is 0 Å². The van der Waals surface area contributed by atoms with Crippen LogP contribution in [-0.2, 0) is 16.1 Å². The molecule has 1 saturated heterocycles. The summed E-state index contributed by atoms with van der Waals surface area (Å²) in [5.41, 5.74) is 0. The molecular formula is C7H8O5. The van der Waals surface area contributed by atoms with Crippen LogP contribution in [0.3, 0.4) is 0 Å². The average Bonchev–Trinajstić information content (AvgIpc) is 2.79. The summed E-state index contributed by atoms with van der Waals surface area (Å²) in [4.78, 5) is 10.7. The zero-order valence-corrected chi connectivity index (χ0v) is 6.53. The van der Waals surface area contributed by atoms with Crippen LogP contribution in [0.15, 0.2) is 13.6 Å². The molecule has 0 radical (unpaired) electrons. The molecule has 0 saturated carbocycles. The molecule has 2 heterocycles. The van der Waals surface area contributed by atoms with Crippen molar-refractivity contribution in [2.45, 2.75) is 12.7 Å². The third-order valence-electron chi connectivity index (χ3n) is 1.58. The molecule has 5 heteroatoms. The molecule has 66 valence electrons. The summed E-state index contributed by atoms with van der Waals surface area (Å²) in [6.45, 7) is 0.820. The van der Waals surface area contributed by atoms with Gasteiger partial charge in [-0.1, -0.05) is 0 Å². The van der Waals surface area contributed by atoms with Crippen molar-refractivity contribution >= 4 is 0 Å². The molecule has 1 aromatic heterocycles. The normalized spacial score (nSPS) is 21.2. The van der Waals surface area contributed by atoms with Gasteiger partial charge in [-0.05, 0) is 0 Å². The third kappa shape index (κ3) is 1.28. The SMILES string of the molecule is COCc1oc(=O)oc1[C@H]1CO1. The lowest BCUT2D eigenvalue weighted by molar-refractivity contribution is 0.161. The van der Waals surface area contributed by atoms with Gasteiger partial charge in [-0.15, -0.1) is 0 Å². The van der Waals surface area contributed by atoms with Crippen molar-refractivity contribution in [3.8, 4) is 0 Å². The highest BCUT2D eigenvalue weighted by atomic mass is 16.6. The van der Waals surface area contributed by atoms with Crippen molar-refractivity contribution in [3.05, 3.63) is 22.1 Å². The van der Waals surface area contributed by atoms with Gasteiger partial charge in [0, 0.05) is 7.11 Å². The minimum Gasteiger partial charge on any atom is -0.393 e. The fourth-order valence-electron chi connectivity index (χ4n) is 0.995. The molecule has 0 N–H and O–H groups in total.